The van der Waals surface area contributed by atoms with Gasteiger partial charge in [0, 0.05) is 12.4 Å². The Morgan fingerprint density at radius 3 is 1.85 bits per heavy atom. The summed E-state index contributed by atoms with van der Waals surface area (Å²) in [7, 11) is 0. The average molecular weight is 224 g/mol. The topological polar surface area (TPSA) is 83.5 Å². The minimum Gasteiger partial charge on any atom is -0.475 e. The van der Waals surface area contributed by atoms with Crippen LogP contribution in [-0.4, -0.2) is 40.9 Å². The van der Waals surface area contributed by atoms with Crippen LogP contribution in [0.15, 0.2) is 0 Å². The molecule has 0 aliphatic rings. The Morgan fingerprint density at radius 2 is 1.85 bits per heavy atom. The number of hydrogen-bond acceptors (Lipinski definition) is 3. The van der Waals surface area contributed by atoms with Gasteiger partial charge in [0.2, 0.25) is 0 Å². The molecule has 0 aromatic heterocycles. The Hall–Kier alpha value is -0.530. The van der Waals surface area contributed by atoms with Gasteiger partial charge in [0.15, 0.2) is 0 Å². The van der Waals surface area contributed by atoms with Crippen molar-refractivity contribution in [3.63, 3.8) is 0 Å². The lowest BCUT2D eigenvalue weighted by Crippen LogP contribution is -2.21. The van der Waals surface area contributed by atoms with E-state index >= 15 is 0 Å². The first-order valence-electron chi connectivity index (χ1n) is 2.99. The first kappa shape index (κ1) is 15.0. The van der Waals surface area contributed by atoms with E-state index in [2.05, 4.69) is 0 Å². The normalized spacial score (nSPS) is 12.8. The van der Waals surface area contributed by atoms with Crippen molar-refractivity contribution >= 4 is 17.6 Å². The summed E-state index contributed by atoms with van der Waals surface area (Å²) in [5.74, 6) is -2.52. The van der Waals surface area contributed by atoms with Crippen molar-refractivity contribution in [1.29, 1.82) is 0 Å². The molecule has 0 saturated heterocycles. The summed E-state index contributed by atoms with van der Waals surface area (Å²) in [4.78, 5) is 8.90. The van der Waals surface area contributed by atoms with Crippen LogP contribution < -0.4 is 5.73 Å². The van der Waals surface area contributed by atoms with Gasteiger partial charge in [0.25, 0.3) is 0 Å². The van der Waals surface area contributed by atoms with E-state index < -0.39 is 18.2 Å². The highest BCUT2D eigenvalue weighted by atomic mass is 35.5. The van der Waals surface area contributed by atoms with E-state index in [-0.39, 0.29) is 12.4 Å². The number of carbonyl (C=O) groups is 1. The highest BCUT2D eigenvalue weighted by molar-refractivity contribution is 6.18. The molecular formula is C5H9ClF3NO3. The van der Waals surface area contributed by atoms with Crippen molar-refractivity contribution < 1.29 is 28.2 Å². The summed E-state index contributed by atoms with van der Waals surface area (Å²) in [5, 5.41) is 15.5. The molecule has 0 fully saturated rings. The molecule has 4 N–H and O–H groups in total. The molecular weight excluding hydrogens is 215 g/mol. The lowest BCUT2D eigenvalue weighted by Gasteiger charge is -1.96. The molecule has 1 atom stereocenters. The number of nitrogens with two attached hydrogens (primary N) is 1. The van der Waals surface area contributed by atoms with E-state index in [0.717, 1.165) is 0 Å². The highest BCUT2D eigenvalue weighted by Crippen LogP contribution is 2.13. The van der Waals surface area contributed by atoms with Gasteiger partial charge in [-0.25, -0.2) is 4.79 Å². The predicted octanol–water partition coefficient (Wildman–Crippen LogP) is 0.178. The van der Waals surface area contributed by atoms with Crippen LogP contribution in [0, 0.1) is 0 Å². The molecule has 0 aliphatic heterocycles. The first-order valence-corrected chi connectivity index (χ1v) is 3.53. The number of hydrogen-bond donors (Lipinski definition) is 3. The number of rotatable bonds is 2. The lowest BCUT2D eigenvalue weighted by molar-refractivity contribution is -0.192. The first-order chi connectivity index (χ1) is 5.75. The molecule has 0 radical (unpaired) electrons. The second-order valence-corrected chi connectivity index (χ2v) is 2.16. The third kappa shape index (κ3) is 11.5. The predicted molar refractivity (Wildman–Crippen MR) is 39.5 cm³/mol. The highest BCUT2D eigenvalue weighted by Gasteiger charge is 2.38. The van der Waals surface area contributed by atoms with Crippen molar-refractivity contribution in [1.82, 2.24) is 0 Å². The number of carboxylic acids is 1. The molecule has 13 heavy (non-hydrogen) atoms. The number of aliphatic hydroxyl groups is 1. The van der Waals surface area contributed by atoms with Crippen LogP contribution >= 0.6 is 11.6 Å². The van der Waals surface area contributed by atoms with E-state index in [4.69, 9.17) is 32.3 Å². The molecule has 4 nitrogen and oxygen atoms in total. The minimum absolute atomic E-state index is 0.233. The Bertz CT molecular complexity index is 148. The van der Waals surface area contributed by atoms with Crippen LogP contribution in [0.5, 0.6) is 0 Å². The molecule has 0 aromatic rings. The maximum atomic E-state index is 10.6. The van der Waals surface area contributed by atoms with Gasteiger partial charge >= 0.3 is 12.1 Å². The monoisotopic (exact) mass is 223 g/mol. The van der Waals surface area contributed by atoms with Crippen LogP contribution in [0.3, 0.4) is 0 Å². The number of halogens is 4. The van der Waals surface area contributed by atoms with Crippen molar-refractivity contribution in [2.75, 3.05) is 12.4 Å². The largest absolute Gasteiger partial charge is 0.490 e. The van der Waals surface area contributed by atoms with Gasteiger partial charge in [-0.2, -0.15) is 13.2 Å². The van der Waals surface area contributed by atoms with Gasteiger partial charge in [-0.3, -0.25) is 0 Å². The van der Waals surface area contributed by atoms with Gasteiger partial charge in [0.1, 0.15) is 0 Å². The van der Waals surface area contributed by atoms with E-state index in [9.17, 15) is 13.2 Å². The third-order valence-corrected chi connectivity index (χ3v) is 1.05. The van der Waals surface area contributed by atoms with Crippen LogP contribution in [0.2, 0.25) is 0 Å². The SMILES string of the molecule is NC[C@@H](O)CCl.O=C(O)C(F)(F)F. The summed E-state index contributed by atoms with van der Waals surface area (Å²) < 4.78 is 31.7. The second-order valence-electron chi connectivity index (χ2n) is 1.85. The Kier molecular flexibility index (Phi) is 7.98. The molecule has 80 valence electrons. The summed E-state index contributed by atoms with van der Waals surface area (Å²) in [6.07, 6.45) is -5.60. The maximum absolute atomic E-state index is 10.6. The smallest absolute Gasteiger partial charge is 0.475 e. The molecule has 0 bridgehead atoms. The fourth-order valence-corrected chi connectivity index (χ4v) is 0.189. The van der Waals surface area contributed by atoms with Crippen molar-refractivity contribution in [3.05, 3.63) is 0 Å². The maximum Gasteiger partial charge on any atom is 0.490 e. The molecule has 0 unspecified atom stereocenters. The lowest BCUT2D eigenvalue weighted by atomic mass is 10.4. The standard InChI is InChI=1S/C3H8ClNO.C2HF3O2/c4-1-3(6)2-5;3-2(4,5)1(6)7/h3,6H,1-2,5H2;(H,6,7)/t3-;/m0./s1. The van der Waals surface area contributed by atoms with Gasteiger partial charge < -0.3 is 15.9 Å². The summed E-state index contributed by atoms with van der Waals surface area (Å²) in [6.45, 7) is 0.253. The molecule has 0 aromatic carbocycles. The van der Waals surface area contributed by atoms with Gasteiger partial charge in [0.05, 0.1) is 6.10 Å². The van der Waals surface area contributed by atoms with Crippen LogP contribution in [-0.2, 0) is 4.79 Å². The molecule has 0 spiro atoms. The van der Waals surface area contributed by atoms with Crippen LogP contribution in [0.4, 0.5) is 13.2 Å². The zero-order valence-corrected chi connectivity index (χ0v) is 7.14. The molecule has 0 rings (SSSR count). The van der Waals surface area contributed by atoms with E-state index in [0.29, 0.717) is 0 Å². The molecule has 0 amide bonds. The quantitative estimate of drug-likeness (QED) is 0.583. The summed E-state index contributed by atoms with van der Waals surface area (Å²) in [6, 6.07) is 0. The van der Waals surface area contributed by atoms with Crippen LogP contribution in [0.1, 0.15) is 0 Å². The second kappa shape index (κ2) is 6.93. The number of alkyl halides is 4. The van der Waals surface area contributed by atoms with Gasteiger partial charge in [-0.15, -0.1) is 11.6 Å². The summed E-state index contributed by atoms with van der Waals surface area (Å²) in [5.41, 5.74) is 4.95. The van der Waals surface area contributed by atoms with Gasteiger partial charge in [-0.05, 0) is 0 Å². The van der Waals surface area contributed by atoms with Crippen molar-refractivity contribution in [2.45, 2.75) is 12.3 Å². The number of aliphatic carboxylic acids is 1. The number of carboxylic acid groups (broad SMARTS) is 1. The average Bonchev–Trinajstić information content (AvgIpc) is 2.02. The van der Waals surface area contributed by atoms with Crippen molar-refractivity contribution in [2.24, 2.45) is 5.73 Å². The fraction of sp³-hybridized carbons (Fsp3) is 0.800. The zero-order chi connectivity index (χ0) is 11.1. The molecule has 0 aliphatic carbocycles. The van der Waals surface area contributed by atoms with Gasteiger partial charge in [-0.1, -0.05) is 0 Å². The van der Waals surface area contributed by atoms with E-state index in [1.54, 1.807) is 0 Å². The zero-order valence-electron chi connectivity index (χ0n) is 6.38. The van der Waals surface area contributed by atoms with E-state index in [1.807, 2.05) is 0 Å². The Balaban J connectivity index is 0. The van der Waals surface area contributed by atoms with Crippen molar-refractivity contribution in [3.8, 4) is 0 Å². The van der Waals surface area contributed by atoms with E-state index in [1.165, 1.54) is 0 Å². The molecule has 0 saturated carbocycles. The Labute approximate surface area is 77.1 Å². The molecule has 8 heteroatoms. The molecule has 0 heterocycles. The van der Waals surface area contributed by atoms with Crippen LogP contribution in [0.25, 0.3) is 0 Å². The summed E-state index contributed by atoms with van der Waals surface area (Å²) >= 11 is 5.12. The minimum atomic E-state index is -5.08. The Morgan fingerprint density at radius 1 is 1.54 bits per heavy atom. The fourth-order valence-electron chi connectivity index (χ4n) is 0.0630. The third-order valence-electron chi connectivity index (χ3n) is 0.693. The number of aliphatic hydroxyl groups excluding tert-OH is 1.